The highest BCUT2D eigenvalue weighted by Gasteiger charge is 2.19. The maximum Gasteiger partial charge on any atom is 0.0876 e. The summed E-state index contributed by atoms with van der Waals surface area (Å²) in [4.78, 5) is 0. The predicted molar refractivity (Wildman–Crippen MR) is 73.9 cm³/mol. The molecule has 2 nitrogen and oxygen atoms in total. The van der Waals surface area contributed by atoms with Crippen LogP contribution in [-0.2, 0) is 4.74 Å². The molecule has 1 N–H and O–H groups in total. The van der Waals surface area contributed by atoms with E-state index in [0.29, 0.717) is 0 Å². The largest absolute Gasteiger partial charge is 0.501 e. The lowest BCUT2D eigenvalue weighted by molar-refractivity contribution is 0.220. The lowest BCUT2D eigenvalue weighted by Crippen LogP contribution is -2.21. The number of halogens is 1. The van der Waals surface area contributed by atoms with Crippen LogP contribution in [0, 0.1) is 6.92 Å². The summed E-state index contributed by atoms with van der Waals surface area (Å²) in [5.74, 6) is 0. The summed E-state index contributed by atoms with van der Waals surface area (Å²) in [5, 5.41) is 3.39. The highest BCUT2D eigenvalue weighted by atomic mass is 79.9. The molecule has 0 saturated carbocycles. The number of nitrogens with one attached hydrogen (secondary N) is 1. The first-order valence-electron chi connectivity index (χ1n) is 5.97. The average Bonchev–Trinajstić information content (AvgIpc) is 2.37. The molecule has 1 heterocycles. The second-order valence-electron chi connectivity index (χ2n) is 4.34. The van der Waals surface area contributed by atoms with Crippen molar-refractivity contribution in [1.29, 1.82) is 0 Å². The van der Waals surface area contributed by atoms with E-state index in [9.17, 15) is 0 Å². The van der Waals surface area contributed by atoms with Gasteiger partial charge in [0.25, 0.3) is 0 Å². The molecular formula is C14H18BrNO. The molecule has 0 amide bonds. The van der Waals surface area contributed by atoms with Crippen LogP contribution in [0.3, 0.4) is 0 Å². The van der Waals surface area contributed by atoms with Crippen LogP contribution in [0.4, 0.5) is 0 Å². The Morgan fingerprint density at radius 2 is 2.24 bits per heavy atom. The first-order valence-corrected chi connectivity index (χ1v) is 6.76. The van der Waals surface area contributed by atoms with E-state index in [2.05, 4.69) is 46.4 Å². The summed E-state index contributed by atoms with van der Waals surface area (Å²) >= 11 is 3.59. The van der Waals surface area contributed by atoms with Crippen molar-refractivity contribution in [3.63, 3.8) is 0 Å². The number of ether oxygens (including phenoxy) is 1. The molecule has 1 aromatic carbocycles. The van der Waals surface area contributed by atoms with E-state index in [1.54, 1.807) is 0 Å². The van der Waals surface area contributed by atoms with Crippen LogP contribution < -0.4 is 5.32 Å². The van der Waals surface area contributed by atoms with Crippen LogP contribution in [0.1, 0.15) is 30.0 Å². The Morgan fingerprint density at radius 3 is 2.88 bits per heavy atom. The van der Waals surface area contributed by atoms with Gasteiger partial charge in [-0.05, 0) is 49.6 Å². The van der Waals surface area contributed by atoms with Crippen LogP contribution in [0.2, 0.25) is 0 Å². The predicted octanol–water partition coefficient (Wildman–Crippen LogP) is 3.71. The lowest BCUT2D eigenvalue weighted by atomic mass is 9.92. The van der Waals surface area contributed by atoms with E-state index < -0.39 is 0 Å². The fourth-order valence-electron chi connectivity index (χ4n) is 2.27. The van der Waals surface area contributed by atoms with Gasteiger partial charge in [0.2, 0.25) is 0 Å². The Hall–Kier alpha value is -0.800. The fraction of sp³-hybridized carbons (Fsp3) is 0.429. The van der Waals surface area contributed by atoms with Gasteiger partial charge in [-0.1, -0.05) is 28.1 Å². The molecule has 0 bridgehead atoms. The minimum absolute atomic E-state index is 0.257. The smallest absolute Gasteiger partial charge is 0.0876 e. The topological polar surface area (TPSA) is 21.3 Å². The maximum absolute atomic E-state index is 5.44. The molecule has 0 fully saturated rings. The minimum atomic E-state index is 0.257. The van der Waals surface area contributed by atoms with E-state index in [0.717, 1.165) is 23.9 Å². The first-order chi connectivity index (χ1) is 8.24. The molecule has 0 spiro atoms. The Kier molecular flexibility index (Phi) is 4.24. The number of likely N-dealkylation sites (N-methyl/N-ethyl adjacent to an activating group) is 1. The summed E-state index contributed by atoms with van der Waals surface area (Å²) in [6, 6.07) is 6.60. The minimum Gasteiger partial charge on any atom is -0.501 e. The van der Waals surface area contributed by atoms with Crippen molar-refractivity contribution < 1.29 is 4.74 Å². The van der Waals surface area contributed by atoms with E-state index in [1.807, 2.05) is 13.3 Å². The van der Waals surface area contributed by atoms with E-state index in [4.69, 9.17) is 4.74 Å². The third-order valence-corrected chi connectivity index (χ3v) is 4.10. The van der Waals surface area contributed by atoms with Crippen LogP contribution in [-0.4, -0.2) is 13.7 Å². The van der Waals surface area contributed by atoms with Gasteiger partial charge in [0.15, 0.2) is 0 Å². The standard InChI is InChI=1S/C14H18BrNO/c1-10-12(6-3-7-13(10)15)14(16-2)11-5-4-8-17-9-11/h3,6-7,9,14,16H,4-5,8H2,1-2H3. The van der Waals surface area contributed by atoms with Gasteiger partial charge in [-0.2, -0.15) is 0 Å². The number of hydrogen-bond acceptors (Lipinski definition) is 2. The van der Waals surface area contributed by atoms with Gasteiger partial charge in [0.1, 0.15) is 0 Å². The van der Waals surface area contributed by atoms with Crippen LogP contribution in [0.15, 0.2) is 34.5 Å². The quantitative estimate of drug-likeness (QED) is 0.918. The molecule has 1 unspecified atom stereocenters. The van der Waals surface area contributed by atoms with Gasteiger partial charge in [-0.3, -0.25) is 0 Å². The van der Waals surface area contributed by atoms with Crippen molar-refractivity contribution in [1.82, 2.24) is 5.32 Å². The third-order valence-electron chi connectivity index (χ3n) is 3.24. The highest BCUT2D eigenvalue weighted by Crippen LogP contribution is 2.31. The number of rotatable bonds is 3. The van der Waals surface area contributed by atoms with Gasteiger partial charge in [-0.15, -0.1) is 0 Å². The van der Waals surface area contributed by atoms with Gasteiger partial charge < -0.3 is 10.1 Å². The molecule has 0 aliphatic carbocycles. The molecule has 17 heavy (non-hydrogen) atoms. The van der Waals surface area contributed by atoms with Crippen molar-refractivity contribution >= 4 is 15.9 Å². The summed E-state index contributed by atoms with van der Waals surface area (Å²) in [7, 11) is 2.00. The Bertz CT molecular complexity index is 428. The van der Waals surface area contributed by atoms with E-state index >= 15 is 0 Å². The molecule has 1 aliphatic rings. The highest BCUT2D eigenvalue weighted by molar-refractivity contribution is 9.10. The van der Waals surface area contributed by atoms with Crippen molar-refractivity contribution in [3.05, 3.63) is 45.6 Å². The Labute approximate surface area is 111 Å². The average molecular weight is 296 g/mol. The second kappa shape index (κ2) is 5.69. The molecule has 2 rings (SSSR count). The summed E-state index contributed by atoms with van der Waals surface area (Å²) in [5.41, 5.74) is 3.94. The van der Waals surface area contributed by atoms with Gasteiger partial charge in [0, 0.05) is 4.47 Å². The third kappa shape index (κ3) is 2.72. The zero-order chi connectivity index (χ0) is 12.3. The summed E-state index contributed by atoms with van der Waals surface area (Å²) in [6.07, 6.45) is 4.14. The molecule has 1 atom stereocenters. The molecule has 92 valence electrons. The maximum atomic E-state index is 5.44. The Balaban J connectivity index is 2.34. The SMILES string of the molecule is CNC(C1=COCCC1)c1cccc(Br)c1C. The molecule has 1 aliphatic heterocycles. The molecule has 0 radical (unpaired) electrons. The van der Waals surface area contributed by atoms with Crippen LogP contribution in [0.25, 0.3) is 0 Å². The normalized spacial score (nSPS) is 17.2. The zero-order valence-corrected chi connectivity index (χ0v) is 11.9. The van der Waals surface area contributed by atoms with Crippen molar-refractivity contribution in [2.24, 2.45) is 0 Å². The molecular weight excluding hydrogens is 278 g/mol. The van der Waals surface area contributed by atoms with E-state index in [-0.39, 0.29) is 6.04 Å². The monoisotopic (exact) mass is 295 g/mol. The van der Waals surface area contributed by atoms with Gasteiger partial charge in [-0.25, -0.2) is 0 Å². The van der Waals surface area contributed by atoms with Crippen LogP contribution in [0.5, 0.6) is 0 Å². The van der Waals surface area contributed by atoms with Crippen LogP contribution >= 0.6 is 15.9 Å². The van der Waals surface area contributed by atoms with Crippen molar-refractivity contribution in [3.8, 4) is 0 Å². The van der Waals surface area contributed by atoms with Gasteiger partial charge >= 0.3 is 0 Å². The zero-order valence-electron chi connectivity index (χ0n) is 10.3. The molecule has 0 aromatic heterocycles. The summed E-state index contributed by atoms with van der Waals surface area (Å²) < 4.78 is 6.60. The summed E-state index contributed by atoms with van der Waals surface area (Å²) in [6.45, 7) is 2.99. The second-order valence-corrected chi connectivity index (χ2v) is 5.20. The molecule has 1 aromatic rings. The Morgan fingerprint density at radius 1 is 1.41 bits per heavy atom. The van der Waals surface area contributed by atoms with E-state index in [1.165, 1.54) is 16.7 Å². The van der Waals surface area contributed by atoms with Crippen molar-refractivity contribution in [2.75, 3.05) is 13.7 Å². The first kappa shape index (κ1) is 12.7. The molecule has 3 heteroatoms. The lowest BCUT2D eigenvalue weighted by Gasteiger charge is -2.25. The fourth-order valence-corrected chi connectivity index (χ4v) is 2.66. The van der Waals surface area contributed by atoms with Crippen molar-refractivity contribution in [2.45, 2.75) is 25.8 Å². The number of hydrogen-bond donors (Lipinski definition) is 1. The van der Waals surface area contributed by atoms with Gasteiger partial charge in [0.05, 0.1) is 18.9 Å². The number of benzene rings is 1. The molecule has 0 saturated heterocycles.